The molecule has 0 saturated heterocycles. The largest absolute Gasteiger partial charge is 0.495 e. The minimum Gasteiger partial charge on any atom is -0.495 e. The third-order valence-electron chi connectivity index (χ3n) is 7.15. The van der Waals surface area contributed by atoms with Crippen molar-refractivity contribution in [3.63, 3.8) is 0 Å². The fraction of sp³-hybridized carbons (Fsp3) is 0.212. The maximum absolute atomic E-state index is 13.7. The molecule has 9 heteroatoms. The molecule has 42 heavy (non-hydrogen) atoms. The van der Waals surface area contributed by atoms with E-state index in [4.69, 9.17) is 16.3 Å². The summed E-state index contributed by atoms with van der Waals surface area (Å²) in [7, 11) is 1.46. The van der Waals surface area contributed by atoms with E-state index in [1.165, 1.54) is 30.9 Å². The van der Waals surface area contributed by atoms with Gasteiger partial charge in [0.2, 0.25) is 5.91 Å². The summed E-state index contributed by atoms with van der Waals surface area (Å²) in [5, 5.41) is 6.23. The molecule has 4 aromatic rings. The van der Waals surface area contributed by atoms with Gasteiger partial charge in [-0.25, -0.2) is 0 Å². The molecule has 1 aliphatic rings. The number of hydrogen-bond donors (Lipinski definition) is 2. The third-order valence-corrected chi connectivity index (χ3v) is 7.39. The summed E-state index contributed by atoms with van der Waals surface area (Å²) in [6.45, 7) is 1.44. The van der Waals surface area contributed by atoms with Crippen LogP contribution < -0.4 is 20.9 Å². The average Bonchev–Trinajstić information content (AvgIpc) is 3.80. The van der Waals surface area contributed by atoms with Gasteiger partial charge in [0.1, 0.15) is 11.8 Å². The fourth-order valence-corrected chi connectivity index (χ4v) is 4.95. The molecule has 0 aliphatic heterocycles. The van der Waals surface area contributed by atoms with Gasteiger partial charge in [-0.05, 0) is 73.4 Å². The number of Topliss-reactive ketones (excluding diaryl/α,β-unsaturated/α-hetero) is 1. The van der Waals surface area contributed by atoms with Gasteiger partial charge in [0.05, 0.1) is 13.3 Å². The molecule has 0 unspecified atom stereocenters. The minimum atomic E-state index is -0.938. The Bertz CT molecular complexity index is 1700. The maximum atomic E-state index is 13.7. The molecule has 1 saturated carbocycles. The van der Waals surface area contributed by atoms with Crippen LogP contribution in [-0.4, -0.2) is 35.3 Å². The van der Waals surface area contributed by atoms with E-state index < -0.39 is 17.5 Å². The van der Waals surface area contributed by atoms with Crippen molar-refractivity contribution in [3.05, 3.63) is 117 Å². The van der Waals surface area contributed by atoms with E-state index in [1.54, 1.807) is 42.5 Å². The lowest BCUT2D eigenvalue weighted by molar-refractivity contribution is -0.119. The number of anilines is 1. The number of methoxy groups -OCH3 is 1. The zero-order valence-electron chi connectivity index (χ0n) is 23.2. The molecular formula is C33H30ClN3O5. The molecule has 1 atom stereocenters. The molecule has 0 spiro atoms. The number of aromatic nitrogens is 1. The van der Waals surface area contributed by atoms with Crippen molar-refractivity contribution in [1.29, 1.82) is 0 Å². The minimum absolute atomic E-state index is 0.149. The van der Waals surface area contributed by atoms with Crippen molar-refractivity contribution in [1.82, 2.24) is 9.88 Å². The molecule has 1 aliphatic carbocycles. The highest BCUT2D eigenvalue weighted by Crippen LogP contribution is 2.34. The molecule has 1 fully saturated rings. The molecule has 8 nitrogen and oxygen atoms in total. The SMILES string of the molecule is COc1cn([C@@H](Cc2ccccc2)C(=O)Nc2ccc(C(=O)NC3CC3)cc2)c(=O)cc1-c1cc(Cl)ccc1C(C)=O. The third kappa shape index (κ3) is 6.61. The van der Waals surface area contributed by atoms with Gasteiger partial charge in [-0.3, -0.25) is 23.7 Å². The quantitative estimate of drug-likeness (QED) is 0.233. The first-order chi connectivity index (χ1) is 20.2. The second-order valence-electron chi connectivity index (χ2n) is 10.3. The summed E-state index contributed by atoms with van der Waals surface area (Å²) < 4.78 is 6.99. The monoisotopic (exact) mass is 583 g/mol. The van der Waals surface area contributed by atoms with E-state index in [9.17, 15) is 19.2 Å². The maximum Gasteiger partial charge on any atom is 0.252 e. The lowest BCUT2D eigenvalue weighted by Gasteiger charge is -2.22. The van der Waals surface area contributed by atoms with Crippen molar-refractivity contribution < 1.29 is 19.1 Å². The van der Waals surface area contributed by atoms with E-state index in [-0.39, 0.29) is 24.2 Å². The second kappa shape index (κ2) is 12.4. The molecule has 214 valence electrons. The second-order valence-corrected chi connectivity index (χ2v) is 10.7. The van der Waals surface area contributed by atoms with Gasteiger partial charge in [0.25, 0.3) is 11.5 Å². The van der Waals surface area contributed by atoms with E-state index in [2.05, 4.69) is 10.6 Å². The zero-order chi connectivity index (χ0) is 29.8. The van der Waals surface area contributed by atoms with E-state index in [1.807, 2.05) is 30.3 Å². The summed E-state index contributed by atoms with van der Waals surface area (Å²) in [4.78, 5) is 52.0. The van der Waals surface area contributed by atoms with Gasteiger partial charge in [0.15, 0.2) is 5.78 Å². The van der Waals surface area contributed by atoms with Crippen LogP contribution in [0.5, 0.6) is 5.75 Å². The number of ketones is 1. The van der Waals surface area contributed by atoms with Crippen LogP contribution in [0.25, 0.3) is 11.1 Å². The Hall–Kier alpha value is -4.69. The van der Waals surface area contributed by atoms with Crippen LogP contribution in [0.15, 0.2) is 89.9 Å². The normalized spacial score (nSPS) is 13.2. The van der Waals surface area contributed by atoms with Crippen LogP contribution in [0.1, 0.15) is 52.1 Å². The van der Waals surface area contributed by atoms with Crippen LogP contribution in [0.2, 0.25) is 5.02 Å². The van der Waals surface area contributed by atoms with Gasteiger partial charge in [-0.1, -0.05) is 41.9 Å². The summed E-state index contributed by atoms with van der Waals surface area (Å²) in [6.07, 6.45) is 3.70. The molecule has 1 aromatic heterocycles. The number of rotatable bonds is 10. The van der Waals surface area contributed by atoms with Crippen LogP contribution >= 0.6 is 11.6 Å². The van der Waals surface area contributed by atoms with Crippen LogP contribution in [0.3, 0.4) is 0 Å². The summed E-state index contributed by atoms with van der Waals surface area (Å²) in [5.41, 5.74) is 2.64. The molecule has 2 N–H and O–H groups in total. The van der Waals surface area contributed by atoms with Crippen LogP contribution in [-0.2, 0) is 11.2 Å². The van der Waals surface area contributed by atoms with Crippen molar-refractivity contribution in [2.45, 2.75) is 38.3 Å². The highest BCUT2D eigenvalue weighted by molar-refractivity contribution is 6.31. The zero-order valence-corrected chi connectivity index (χ0v) is 24.0. The number of carbonyl (C=O) groups is 3. The summed E-state index contributed by atoms with van der Waals surface area (Å²) in [5.74, 6) is -0.455. The number of benzene rings is 3. The predicted molar refractivity (Wildman–Crippen MR) is 162 cm³/mol. The predicted octanol–water partition coefficient (Wildman–Crippen LogP) is 5.69. The molecule has 0 bridgehead atoms. The molecule has 5 rings (SSSR count). The lowest BCUT2D eigenvalue weighted by Crippen LogP contribution is -2.34. The number of nitrogens with one attached hydrogen (secondary N) is 2. The Labute approximate surface area is 248 Å². The lowest BCUT2D eigenvalue weighted by atomic mass is 9.97. The number of carbonyl (C=O) groups excluding carboxylic acids is 3. The Balaban J connectivity index is 1.49. The number of pyridine rings is 1. The Kier molecular flexibility index (Phi) is 8.54. The molecule has 2 amide bonds. The van der Waals surface area contributed by atoms with Gasteiger partial charge >= 0.3 is 0 Å². The molecular weight excluding hydrogens is 554 g/mol. The standard InChI is InChI=1S/C33H30ClN3O5/c1-20(38)26-15-10-23(34)17-27(26)28-18-31(39)37(19-30(28)42-2)29(16-21-6-4-3-5-7-21)33(41)36-24-11-8-22(9-12-24)32(40)35-25-13-14-25/h3-12,15,17-19,25,29H,13-14,16H2,1-2H3,(H,35,40)(H,36,41)/t29-/m0/s1. The first-order valence-corrected chi connectivity index (χ1v) is 14.0. The number of hydrogen-bond acceptors (Lipinski definition) is 5. The van der Waals surface area contributed by atoms with Crippen LogP contribution in [0, 0.1) is 0 Å². The van der Waals surface area contributed by atoms with Crippen LogP contribution in [0.4, 0.5) is 5.69 Å². The summed E-state index contributed by atoms with van der Waals surface area (Å²) in [6, 6.07) is 21.5. The van der Waals surface area contributed by atoms with Gasteiger partial charge in [-0.15, -0.1) is 0 Å². The van der Waals surface area contributed by atoms with E-state index in [0.717, 1.165) is 18.4 Å². The molecule has 1 heterocycles. The van der Waals surface area contributed by atoms with Gasteiger partial charge < -0.3 is 15.4 Å². The average molecular weight is 584 g/mol. The first kappa shape index (κ1) is 28.8. The Morgan fingerprint density at radius 2 is 1.69 bits per heavy atom. The number of halogens is 1. The highest BCUT2D eigenvalue weighted by Gasteiger charge is 2.26. The Morgan fingerprint density at radius 1 is 0.976 bits per heavy atom. The van der Waals surface area contributed by atoms with E-state index >= 15 is 0 Å². The van der Waals surface area contributed by atoms with Crippen molar-refractivity contribution in [2.24, 2.45) is 0 Å². The fourth-order valence-electron chi connectivity index (χ4n) is 4.77. The van der Waals surface area contributed by atoms with Crippen molar-refractivity contribution in [3.8, 4) is 16.9 Å². The number of nitrogens with zero attached hydrogens (tertiary/aromatic N) is 1. The van der Waals surface area contributed by atoms with Gasteiger partial charge in [0, 0.05) is 45.9 Å². The smallest absolute Gasteiger partial charge is 0.252 e. The number of amides is 2. The summed E-state index contributed by atoms with van der Waals surface area (Å²) >= 11 is 6.24. The van der Waals surface area contributed by atoms with E-state index in [0.29, 0.717) is 38.7 Å². The Morgan fingerprint density at radius 3 is 2.33 bits per heavy atom. The molecule has 0 radical (unpaired) electrons. The van der Waals surface area contributed by atoms with Crippen molar-refractivity contribution >= 4 is 34.9 Å². The number of ether oxygens (including phenoxy) is 1. The van der Waals surface area contributed by atoms with Crippen molar-refractivity contribution in [2.75, 3.05) is 12.4 Å². The highest BCUT2D eigenvalue weighted by atomic mass is 35.5. The topological polar surface area (TPSA) is 106 Å². The molecule has 3 aromatic carbocycles. The van der Waals surface area contributed by atoms with Gasteiger partial charge in [-0.2, -0.15) is 0 Å². The first-order valence-electron chi connectivity index (χ1n) is 13.6.